The smallest absolute Gasteiger partial charge is 0.219 e. The van der Waals surface area contributed by atoms with Crippen molar-refractivity contribution in [2.45, 2.75) is 47.1 Å². The quantitative estimate of drug-likeness (QED) is 0.632. The Bertz CT molecular complexity index is 79.3. The third-order valence-electron chi connectivity index (χ3n) is 0.771. The molecule has 0 aliphatic rings. The third kappa shape index (κ3) is 10.5. The van der Waals surface area contributed by atoms with Gasteiger partial charge in [-0.15, -0.1) is 0 Å². The first kappa shape index (κ1) is 12.2. The highest BCUT2D eigenvalue weighted by Gasteiger charge is 1.96. The van der Waals surface area contributed by atoms with E-state index in [1.165, 1.54) is 0 Å². The minimum atomic E-state index is 0.125. The highest BCUT2D eigenvalue weighted by Crippen LogP contribution is 1.79. The Hall–Kier alpha value is -0.530. The molecule has 0 spiro atoms. The van der Waals surface area contributed by atoms with Crippen molar-refractivity contribution in [2.24, 2.45) is 0 Å². The summed E-state index contributed by atoms with van der Waals surface area (Å²) in [7, 11) is 0. The standard InChI is InChI=1S/C6H13NO.C2H6/c1-4-6(8)7-5(2)3;1-2/h5H,4H2,1-3H3,(H,7,8);1-2H3. The van der Waals surface area contributed by atoms with Crippen LogP contribution in [0.4, 0.5) is 0 Å². The van der Waals surface area contributed by atoms with E-state index >= 15 is 0 Å². The molecule has 0 aliphatic carbocycles. The number of amides is 1. The van der Waals surface area contributed by atoms with Gasteiger partial charge in [0.05, 0.1) is 0 Å². The predicted molar refractivity (Wildman–Crippen MR) is 44.9 cm³/mol. The molecule has 10 heavy (non-hydrogen) atoms. The first-order chi connectivity index (χ1) is 4.66. The molecule has 0 fully saturated rings. The fourth-order valence-corrected chi connectivity index (χ4v) is 0.424. The number of hydrogen-bond acceptors (Lipinski definition) is 1. The van der Waals surface area contributed by atoms with Gasteiger partial charge in [-0.1, -0.05) is 20.8 Å². The zero-order valence-corrected chi connectivity index (χ0v) is 7.69. The van der Waals surface area contributed by atoms with E-state index in [0.29, 0.717) is 6.42 Å². The average Bonchev–Trinajstić information content (AvgIpc) is 1.91. The van der Waals surface area contributed by atoms with Crippen LogP contribution >= 0.6 is 0 Å². The van der Waals surface area contributed by atoms with E-state index in [4.69, 9.17) is 0 Å². The van der Waals surface area contributed by atoms with E-state index in [-0.39, 0.29) is 11.9 Å². The molecule has 2 nitrogen and oxygen atoms in total. The predicted octanol–water partition coefficient (Wildman–Crippen LogP) is 1.95. The monoisotopic (exact) mass is 145 g/mol. The maximum atomic E-state index is 10.5. The van der Waals surface area contributed by atoms with Crippen LogP contribution in [0.5, 0.6) is 0 Å². The van der Waals surface area contributed by atoms with Gasteiger partial charge in [-0.2, -0.15) is 0 Å². The minimum absolute atomic E-state index is 0.125. The second kappa shape index (κ2) is 8.47. The van der Waals surface area contributed by atoms with Crippen LogP contribution in [0.15, 0.2) is 0 Å². The molecule has 62 valence electrons. The summed E-state index contributed by atoms with van der Waals surface area (Å²) < 4.78 is 0. The Labute approximate surface area is 64.0 Å². The summed E-state index contributed by atoms with van der Waals surface area (Å²) in [5, 5.41) is 2.75. The van der Waals surface area contributed by atoms with E-state index in [0.717, 1.165) is 0 Å². The van der Waals surface area contributed by atoms with Crippen LogP contribution in [0.2, 0.25) is 0 Å². The molecule has 0 atom stereocenters. The Morgan fingerprint density at radius 3 is 1.90 bits per heavy atom. The van der Waals surface area contributed by atoms with Gasteiger partial charge in [-0.05, 0) is 13.8 Å². The summed E-state index contributed by atoms with van der Waals surface area (Å²) >= 11 is 0. The molecule has 0 aromatic carbocycles. The van der Waals surface area contributed by atoms with E-state index < -0.39 is 0 Å². The second-order valence-corrected chi connectivity index (χ2v) is 2.08. The lowest BCUT2D eigenvalue weighted by Crippen LogP contribution is -2.29. The molecule has 2 heteroatoms. The molecule has 0 aliphatic heterocycles. The van der Waals surface area contributed by atoms with E-state index in [2.05, 4.69) is 5.32 Å². The van der Waals surface area contributed by atoms with Crippen LogP contribution in [0.1, 0.15) is 41.0 Å². The first-order valence-electron chi connectivity index (χ1n) is 3.96. The Kier molecular flexibility index (Phi) is 10.3. The van der Waals surface area contributed by atoms with Crippen molar-refractivity contribution in [3.8, 4) is 0 Å². The number of carbonyl (C=O) groups is 1. The fourth-order valence-electron chi connectivity index (χ4n) is 0.424. The number of nitrogens with one attached hydrogen (secondary N) is 1. The molecular weight excluding hydrogens is 126 g/mol. The highest BCUT2D eigenvalue weighted by molar-refractivity contribution is 5.75. The van der Waals surface area contributed by atoms with Crippen molar-refractivity contribution in [1.29, 1.82) is 0 Å². The topological polar surface area (TPSA) is 29.1 Å². The maximum absolute atomic E-state index is 10.5. The molecule has 0 heterocycles. The van der Waals surface area contributed by atoms with Crippen LogP contribution in [0.3, 0.4) is 0 Å². The van der Waals surface area contributed by atoms with Gasteiger partial charge < -0.3 is 5.32 Å². The highest BCUT2D eigenvalue weighted by atomic mass is 16.1. The van der Waals surface area contributed by atoms with Crippen LogP contribution in [0, 0.1) is 0 Å². The van der Waals surface area contributed by atoms with Gasteiger partial charge in [0, 0.05) is 12.5 Å². The van der Waals surface area contributed by atoms with Gasteiger partial charge in [0.1, 0.15) is 0 Å². The van der Waals surface area contributed by atoms with Crippen molar-refractivity contribution < 1.29 is 4.79 Å². The largest absolute Gasteiger partial charge is 0.354 e. The lowest BCUT2D eigenvalue weighted by molar-refractivity contribution is -0.121. The Morgan fingerprint density at radius 1 is 1.40 bits per heavy atom. The first-order valence-corrected chi connectivity index (χ1v) is 3.96. The lowest BCUT2D eigenvalue weighted by Gasteiger charge is -2.04. The average molecular weight is 145 g/mol. The molecule has 1 amide bonds. The summed E-state index contributed by atoms with van der Waals surface area (Å²) in [6.45, 7) is 9.75. The van der Waals surface area contributed by atoms with E-state index in [9.17, 15) is 4.79 Å². The number of hydrogen-bond donors (Lipinski definition) is 1. The van der Waals surface area contributed by atoms with Crippen molar-refractivity contribution in [2.75, 3.05) is 0 Å². The number of carbonyl (C=O) groups excluding carboxylic acids is 1. The molecular formula is C8H19NO. The van der Waals surface area contributed by atoms with Gasteiger partial charge in [-0.3, -0.25) is 4.79 Å². The van der Waals surface area contributed by atoms with Crippen molar-refractivity contribution >= 4 is 5.91 Å². The van der Waals surface area contributed by atoms with Gasteiger partial charge >= 0.3 is 0 Å². The summed E-state index contributed by atoms with van der Waals surface area (Å²) in [6, 6.07) is 0.280. The maximum Gasteiger partial charge on any atom is 0.219 e. The zero-order valence-electron chi connectivity index (χ0n) is 7.69. The summed E-state index contributed by atoms with van der Waals surface area (Å²) in [4.78, 5) is 10.5. The molecule has 1 N–H and O–H groups in total. The summed E-state index contributed by atoms with van der Waals surface area (Å²) in [6.07, 6.45) is 0.582. The van der Waals surface area contributed by atoms with Gasteiger partial charge in [-0.25, -0.2) is 0 Å². The Morgan fingerprint density at radius 2 is 1.80 bits per heavy atom. The van der Waals surface area contributed by atoms with E-state index in [1.54, 1.807) is 0 Å². The Balaban J connectivity index is 0. The molecule has 0 rings (SSSR count). The molecule has 0 aromatic rings. The normalized spacial score (nSPS) is 8.20. The molecule has 0 bridgehead atoms. The van der Waals surface area contributed by atoms with Crippen LogP contribution in [0.25, 0.3) is 0 Å². The molecule has 0 aromatic heterocycles. The molecule has 0 saturated carbocycles. The molecule has 0 unspecified atom stereocenters. The van der Waals surface area contributed by atoms with Crippen LogP contribution < -0.4 is 5.32 Å². The summed E-state index contributed by atoms with van der Waals surface area (Å²) in [5.41, 5.74) is 0. The molecule has 0 saturated heterocycles. The molecule has 0 radical (unpaired) electrons. The van der Waals surface area contributed by atoms with Gasteiger partial charge in [0.15, 0.2) is 0 Å². The fraction of sp³-hybridized carbons (Fsp3) is 0.875. The van der Waals surface area contributed by atoms with Crippen molar-refractivity contribution in [1.82, 2.24) is 5.32 Å². The van der Waals surface area contributed by atoms with Crippen molar-refractivity contribution in [3.05, 3.63) is 0 Å². The van der Waals surface area contributed by atoms with Crippen molar-refractivity contribution in [3.63, 3.8) is 0 Å². The summed E-state index contributed by atoms with van der Waals surface area (Å²) in [5.74, 6) is 0.125. The zero-order chi connectivity index (χ0) is 8.57. The third-order valence-corrected chi connectivity index (χ3v) is 0.771. The SMILES string of the molecule is CC.CCC(=O)NC(C)C. The number of rotatable bonds is 2. The second-order valence-electron chi connectivity index (χ2n) is 2.08. The van der Waals surface area contributed by atoms with Gasteiger partial charge in [0.25, 0.3) is 0 Å². The van der Waals surface area contributed by atoms with E-state index in [1.807, 2.05) is 34.6 Å². The minimum Gasteiger partial charge on any atom is -0.354 e. The lowest BCUT2D eigenvalue weighted by atomic mass is 10.3. The van der Waals surface area contributed by atoms with Gasteiger partial charge in [0.2, 0.25) is 5.91 Å². The van der Waals surface area contributed by atoms with Crippen LogP contribution in [-0.2, 0) is 4.79 Å². The van der Waals surface area contributed by atoms with Crippen LogP contribution in [-0.4, -0.2) is 11.9 Å².